The molecule has 0 aromatic carbocycles. The topological polar surface area (TPSA) is 111 Å². The van der Waals surface area contributed by atoms with Crippen LogP contribution in [0, 0.1) is 5.92 Å². The van der Waals surface area contributed by atoms with Crippen LogP contribution in [0.1, 0.15) is 38.5 Å². The maximum absolute atomic E-state index is 12.3. The van der Waals surface area contributed by atoms with Crippen molar-refractivity contribution in [1.29, 1.82) is 0 Å². The zero-order valence-electron chi connectivity index (χ0n) is 15.8. The number of anilines is 1. The summed E-state index contributed by atoms with van der Waals surface area (Å²) in [5, 5.41) is 13.9. The Balaban J connectivity index is 1.62. The number of nitrogens with one attached hydrogen (secondary N) is 2. The van der Waals surface area contributed by atoms with E-state index < -0.39 is 6.04 Å². The van der Waals surface area contributed by atoms with Crippen LogP contribution >= 0.6 is 0 Å². The normalized spacial score (nSPS) is 12.2. The van der Waals surface area contributed by atoms with Crippen LogP contribution in [-0.2, 0) is 13.5 Å². The molecule has 0 fully saturated rings. The number of urea groups is 1. The molecule has 2 N–H and O–H groups in total. The van der Waals surface area contributed by atoms with E-state index in [1.165, 1.54) is 0 Å². The van der Waals surface area contributed by atoms with E-state index in [2.05, 4.69) is 44.7 Å². The Bertz CT molecular complexity index is 902. The Morgan fingerprint density at radius 3 is 2.78 bits per heavy atom. The van der Waals surface area contributed by atoms with Crippen molar-refractivity contribution < 1.29 is 9.32 Å². The summed E-state index contributed by atoms with van der Waals surface area (Å²) in [4.78, 5) is 20.9. The molecule has 9 nitrogen and oxygen atoms in total. The molecule has 0 spiro atoms. The lowest BCUT2D eigenvalue weighted by Gasteiger charge is -2.10. The number of nitrogens with zero attached hydrogens (tertiary/aromatic N) is 5. The minimum Gasteiger partial charge on any atom is -0.337 e. The molecule has 0 aliphatic carbocycles. The lowest BCUT2D eigenvalue weighted by atomic mass is 10.1. The van der Waals surface area contributed by atoms with E-state index >= 15 is 0 Å². The van der Waals surface area contributed by atoms with Gasteiger partial charge in [0.15, 0.2) is 5.82 Å². The molecule has 9 heteroatoms. The average Bonchev–Trinajstić information content (AvgIpc) is 3.22. The molecule has 0 aliphatic heterocycles. The van der Waals surface area contributed by atoms with Gasteiger partial charge in [0.1, 0.15) is 17.6 Å². The molecule has 0 unspecified atom stereocenters. The van der Waals surface area contributed by atoms with E-state index in [0.717, 1.165) is 12.1 Å². The number of carbonyl (C=O) groups excluding carboxylic acids is 1. The summed E-state index contributed by atoms with van der Waals surface area (Å²) in [5.41, 5.74) is 1.41. The first-order valence-corrected chi connectivity index (χ1v) is 8.78. The van der Waals surface area contributed by atoms with Gasteiger partial charge < -0.3 is 9.84 Å². The Morgan fingerprint density at radius 1 is 1.26 bits per heavy atom. The fourth-order valence-electron chi connectivity index (χ4n) is 2.53. The smallest absolute Gasteiger partial charge is 0.321 e. The molecule has 3 aromatic heterocycles. The predicted octanol–water partition coefficient (Wildman–Crippen LogP) is 2.95. The second kappa shape index (κ2) is 7.98. The summed E-state index contributed by atoms with van der Waals surface area (Å²) < 4.78 is 6.82. The minimum absolute atomic E-state index is 0.375. The third-order valence-corrected chi connectivity index (χ3v) is 3.84. The van der Waals surface area contributed by atoms with Gasteiger partial charge >= 0.3 is 6.03 Å². The zero-order chi connectivity index (χ0) is 19.4. The number of hydrogen-bond donors (Lipinski definition) is 2. The number of hydrogen-bond acceptors (Lipinski definition) is 6. The molecular formula is C18H23N7O2. The van der Waals surface area contributed by atoms with Gasteiger partial charge in [0.05, 0.1) is 5.69 Å². The predicted molar refractivity (Wildman–Crippen MR) is 99.8 cm³/mol. The summed E-state index contributed by atoms with van der Waals surface area (Å²) in [6, 6.07) is 6.54. The van der Waals surface area contributed by atoms with E-state index in [4.69, 9.17) is 4.52 Å². The molecule has 142 valence electrons. The van der Waals surface area contributed by atoms with E-state index in [9.17, 15) is 4.79 Å². The van der Waals surface area contributed by atoms with Crippen LogP contribution in [0.5, 0.6) is 0 Å². The highest BCUT2D eigenvalue weighted by Gasteiger charge is 2.18. The largest absolute Gasteiger partial charge is 0.337 e. The molecule has 0 radical (unpaired) electrons. The number of carbonyl (C=O) groups is 1. The highest BCUT2D eigenvalue weighted by atomic mass is 16.5. The highest BCUT2D eigenvalue weighted by Crippen LogP contribution is 2.19. The van der Waals surface area contributed by atoms with E-state index in [-0.39, 0.29) is 6.03 Å². The number of rotatable bonds is 6. The van der Waals surface area contributed by atoms with Gasteiger partial charge in [0.25, 0.3) is 0 Å². The standard InChI is InChI=1S/C18H23N7O2/c1-11(2)9-15-21-17(27-24-15)12(3)20-18(26)22-16-10-14(23-25(16)4)13-7-5-6-8-19-13/h5-8,10-12H,9H2,1-4H3,(H2,20,22,26)/t12-/m0/s1. The van der Waals surface area contributed by atoms with E-state index in [1.807, 2.05) is 18.2 Å². The summed E-state index contributed by atoms with van der Waals surface area (Å²) in [7, 11) is 1.75. The molecular weight excluding hydrogens is 346 g/mol. The first-order chi connectivity index (χ1) is 12.9. The molecule has 1 atom stereocenters. The molecule has 0 saturated carbocycles. The van der Waals surface area contributed by atoms with Crippen LogP contribution in [0.4, 0.5) is 10.6 Å². The van der Waals surface area contributed by atoms with Crippen molar-refractivity contribution in [2.24, 2.45) is 13.0 Å². The third kappa shape index (κ3) is 4.69. The number of amides is 2. The molecule has 2 amide bonds. The first kappa shape index (κ1) is 18.6. The lowest BCUT2D eigenvalue weighted by molar-refractivity contribution is 0.245. The second-order valence-corrected chi connectivity index (χ2v) is 6.72. The van der Waals surface area contributed by atoms with Crippen molar-refractivity contribution in [2.45, 2.75) is 33.2 Å². The molecule has 0 aliphatic rings. The van der Waals surface area contributed by atoms with Crippen LogP contribution in [-0.4, -0.2) is 30.9 Å². The zero-order valence-corrected chi connectivity index (χ0v) is 15.8. The van der Waals surface area contributed by atoms with Crippen molar-refractivity contribution in [3.63, 3.8) is 0 Å². The fraction of sp³-hybridized carbons (Fsp3) is 0.389. The minimum atomic E-state index is -0.415. The van der Waals surface area contributed by atoms with Gasteiger partial charge in [-0.15, -0.1) is 0 Å². The third-order valence-electron chi connectivity index (χ3n) is 3.84. The van der Waals surface area contributed by atoms with Crippen LogP contribution < -0.4 is 10.6 Å². The molecule has 3 heterocycles. The van der Waals surface area contributed by atoms with Crippen molar-refractivity contribution in [2.75, 3.05) is 5.32 Å². The number of pyridine rings is 1. The number of aryl methyl sites for hydroxylation is 1. The van der Waals surface area contributed by atoms with Crippen molar-refractivity contribution in [3.05, 3.63) is 42.2 Å². The molecule has 3 aromatic rings. The van der Waals surface area contributed by atoms with Crippen molar-refractivity contribution in [3.8, 4) is 11.4 Å². The molecule has 0 saturated heterocycles. The summed E-state index contributed by atoms with van der Waals surface area (Å²) in [6.07, 6.45) is 2.43. The van der Waals surface area contributed by atoms with Gasteiger partial charge in [-0.05, 0) is 25.0 Å². The Kier molecular flexibility index (Phi) is 5.49. The molecule has 0 bridgehead atoms. The van der Waals surface area contributed by atoms with Crippen LogP contribution in [0.3, 0.4) is 0 Å². The summed E-state index contributed by atoms with van der Waals surface area (Å²) in [5.74, 6) is 1.99. The lowest BCUT2D eigenvalue weighted by Crippen LogP contribution is -2.32. The van der Waals surface area contributed by atoms with Gasteiger partial charge in [-0.3, -0.25) is 15.0 Å². The maximum Gasteiger partial charge on any atom is 0.321 e. The SMILES string of the molecule is CC(C)Cc1noc([C@H](C)NC(=O)Nc2cc(-c3ccccn3)nn2C)n1. The van der Waals surface area contributed by atoms with Crippen LogP contribution in [0.25, 0.3) is 11.4 Å². The first-order valence-electron chi connectivity index (χ1n) is 8.78. The van der Waals surface area contributed by atoms with Gasteiger partial charge in [-0.1, -0.05) is 25.1 Å². The highest BCUT2D eigenvalue weighted by molar-refractivity contribution is 5.89. The van der Waals surface area contributed by atoms with Crippen molar-refractivity contribution in [1.82, 2.24) is 30.2 Å². The van der Waals surface area contributed by atoms with Gasteiger partial charge in [0, 0.05) is 25.7 Å². The monoisotopic (exact) mass is 369 g/mol. The van der Waals surface area contributed by atoms with E-state index in [1.54, 1.807) is 30.9 Å². The Hall–Kier alpha value is -3.23. The number of aromatic nitrogens is 5. The van der Waals surface area contributed by atoms with Crippen LogP contribution in [0.2, 0.25) is 0 Å². The average molecular weight is 369 g/mol. The Morgan fingerprint density at radius 2 is 2.07 bits per heavy atom. The van der Waals surface area contributed by atoms with Gasteiger partial charge in [-0.25, -0.2) is 4.79 Å². The van der Waals surface area contributed by atoms with Crippen LogP contribution in [0.15, 0.2) is 35.0 Å². The molecule has 27 heavy (non-hydrogen) atoms. The Labute approximate surface area is 157 Å². The van der Waals surface area contributed by atoms with Gasteiger partial charge in [-0.2, -0.15) is 10.1 Å². The van der Waals surface area contributed by atoms with E-state index in [0.29, 0.717) is 29.1 Å². The molecule has 3 rings (SSSR count). The fourth-order valence-corrected chi connectivity index (χ4v) is 2.53. The second-order valence-electron chi connectivity index (χ2n) is 6.72. The quantitative estimate of drug-likeness (QED) is 0.691. The summed E-state index contributed by atoms with van der Waals surface area (Å²) >= 11 is 0. The van der Waals surface area contributed by atoms with Gasteiger partial charge in [0.2, 0.25) is 5.89 Å². The van der Waals surface area contributed by atoms with Crippen molar-refractivity contribution >= 4 is 11.8 Å². The summed E-state index contributed by atoms with van der Waals surface area (Å²) in [6.45, 7) is 5.95. The maximum atomic E-state index is 12.3.